The van der Waals surface area contributed by atoms with Gasteiger partial charge in [-0.2, -0.15) is 4.79 Å². The first-order valence-corrected chi connectivity index (χ1v) is 5.75. The van der Waals surface area contributed by atoms with E-state index < -0.39 is 11.7 Å². The molecule has 0 radical (unpaired) electrons. The maximum absolute atomic E-state index is 11.7. The standard InChI is InChI=1S/C13H20N3O2/c1-13(2,3)18-12(17)16(5)9-11-7-6-10(14-4)8-15-11/h6-8,14H,5,9H2,1-4H3/q+1. The monoisotopic (exact) mass is 250 g/mol. The van der Waals surface area contributed by atoms with Gasteiger partial charge in [0.2, 0.25) is 0 Å². The number of hydrogen-bond acceptors (Lipinski definition) is 4. The lowest BCUT2D eigenvalue weighted by molar-refractivity contribution is -0.459. The number of rotatable bonds is 3. The van der Waals surface area contributed by atoms with Crippen LogP contribution >= 0.6 is 0 Å². The minimum Gasteiger partial charge on any atom is -0.406 e. The molecule has 0 saturated carbocycles. The van der Waals surface area contributed by atoms with Gasteiger partial charge in [-0.1, -0.05) is 0 Å². The van der Waals surface area contributed by atoms with Gasteiger partial charge in [-0.15, -0.1) is 4.58 Å². The number of ether oxygens (including phenoxy) is 1. The number of anilines is 1. The highest BCUT2D eigenvalue weighted by atomic mass is 16.6. The van der Waals surface area contributed by atoms with E-state index in [-0.39, 0.29) is 0 Å². The van der Waals surface area contributed by atoms with E-state index in [0.29, 0.717) is 6.54 Å². The van der Waals surface area contributed by atoms with E-state index in [2.05, 4.69) is 17.0 Å². The lowest BCUT2D eigenvalue weighted by atomic mass is 10.2. The summed E-state index contributed by atoms with van der Waals surface area (Å²) < 4.78 is 6.46. The predicted molar refractivity (Wildman–Crippen MR) is 71.1 cm³/mol. The Bertz CT molecular complexity index is 433. The van der Waals surface area contributed by atoms with Crippen molar-refractivity contribution in [2.24, 2.45) is 0 Å². The summed E-state index contributed by atoms with van der Waals surface area (Å²) in [5.74, 6) is 0. The quantitative estimate of drug-likeness (QED) is 0.660. The molecule has 0 spiro atoms. The molecule has 1 N–H and O–H groups in total. The molecule has 1 rings (SSSR count). The molecule has 5 nitrogen and oxygen atoms in total. The maximum atomic E-state index is 11.7. The molecule has 0 atom stereocenters. The average Bonchev–Trinajstić information content (AvgIpc) is 2.27. The Morgan fingerprint density at radius 1 is 1.50 bits per heavy atom. The Morgan fingerprint density at radius 2 is 2.17 bits per heavy atom. The number of amides is 1. The van der Waals surface area contributed by atoms with E-state index in [1.54, 1.807) is 6.20 Å². The van der Waals surface area contributed by atoms with Crippen LogP contribution in [0.1, 0.15) is 26.5 Å². The molecule has 0 fully saturated rings. The Balaban J connectivity index is 2.61. The zero-order valence-corrected chi connectivity index (χ0v) is 11.4. The smallest absolute Gasteiger partial charge is 0.406 e. The van der Waals surface area contributed by atoms with E-state index in [4.69, 9.17) is 4.74 Å². The van der Waals surface area contributed by atoms with Crippen molar-refractivity contribution in [1.82, 2.24) is 4.98 Å². The zero-order chi connectivity index (χ0) is 13.8. The Morgan fingerprint density at radius 3 is 2.61 bits per heavy atom. The van der Waals surface area contributed by atoms with Crippen LogP contribution in [0.15, 0.2) is 18.3 Å². The van der Waals surface area contributed by atoms with Crippen molar-refractivity contribution in [3.8, 4) is 0 Å². The van der Waals surface area contributed by atoms with Gasteiger partial charge in [-0.3, -0.25) is 4.98 Å². The first kappa shape index (κ1) is 14.2. The molecule has 0 unspecified atom stereocenters. The van der Waals surface area contributed by atoms with Crippen molar-refractivity contribution in [3.05, 3.63) is 24.0 Å². The van der Waals surface area contributed by atoms with Gasteiger partial charge in [-0.25, -0.2) is 0 Å². The van der Waals surface area contributed by atoms with Crippen molar-refractivity contribution < 1.29 is 14.1 Å². The molecule has 0 aliphatic rings. The summed E-state index contributed by atoms with van der Waals surface area (Å²) >= 11 is 0. The van der Waals surface area contributed by atoms with Crippen LogP contribution in [0, 0.1) is 0 Å². The highest BCUT2D eigenvalue weighted by Gasteiger charge is 2.25. The van der Waals surface area contributed by atoms with Gasteiger partial charge < -0.3 is 10.1 Å². The molecule has 0 bridgehead atoms. The van der Waals surface area contributed by atoms with Crippen molar-refractivity contribution in [3.63, 3.8) is 0 Å². The first-order valence-electron chi connectivity index (χ1n) is 5.75. The number of pyridine rings is 1. The second-order valence-corrected chi connectivity index (χ2v) is 4.97. The summed E-state index contributed by atoms with van der Waals surface area (Å²) in [6.45, 7) is 9.44. The highest BCUT2D eigenvalue weighted by molar-refractivity contribution is 5.60. The van der Waals surface area contributed by atoms with E-state index in [9.17, 15) is 4.79 Å². The molecule has 0 aliphatic carbocycles. The fourth-order valence-corrected chi connectivity index (χ4v) is 1.25. The molecule has 0 aromatic carbocycles. The third-order valence-electron chi connectivity index (χ3n) is 2.12. The minimum atomic E-state index is -0.517. The molecular weight excluding hydrogens is 230 g/mol. The van der Waals surface area contributed by atoms with Crippen molar-refractivity contribution in [2.75, 3.05) is 12.4 Å². The van der Waals surface area contributed by atoms with Crippen LogP contribution in [-0.4, -0.2) is 35.0 Å². The molecule has 98 valence electrons. The van der Waals surface area contributed by atoms with E-state index >= 15 is 0 Å². The van der Waals surface area contributed by atoms with Crippen LogP contribution < -0.4 is 5.32 Å². The van der Waals surface area contributed by atoms with Gasteiger partial charge in [0.15, 0.2) is 6.54 Å². The largest absolute Gasteiger partial charge is 0.596 e. The summed E-state index contributed by atoms with van der Waals surface area (Å²) in [5, 5.41) is 2.98. The molecule has 1 amide bonds. The molecule has 1 aromatic rings. The fraction of sp³-hybridized carbons (Fsp3) is 0.462. The molecule has 0 saturated heterocycles. The maximum Gasteiger partial charge on any atom is 0.596 e. The van der Waals surface area contributed by atoms with Crippen molar-refractivity contribution >= 4 is 18.5 Å². The zero-order valence-electron chi connectivity index (χ0n) is 11.4. The van der Waals surface area contributed by atoms with Crippen molar-refractivity contribution in [1.29, 1.82) is 0 Å². The molecule has 1 heterocycles. The molecular formula is C13H20N3O2+. The molecule has 18 heavy (non-hydrogen) atoms. The predicted octanol–water partition coefficient (Wildman–Crippen LogP) is 2.27. The Hall–Kier alpha value is -1.91. The van der Waals surface area contributed by atoms with Gasteiger partial charge in [0.1, 0.15) is 18.0 Å². The summed E-state index contributed by atoms with van der Waals surface area (Å²) in [6, 6.07) is 3.74. The van der Waals surface area contributed by atoms with Crippen LogP contribution in [0.4, 0.5) is 10.5 Å². The first-order chi connectivity index (χ1) is 8.31. The number of aromatic nitrogens is 1. The SMILES string of the molecule is C=[N+](Cc1ccc(NC)cn1)C(=O)OC(C)(C)C. The number of hydrogen-bond donors (Lipinski definition) is 1. The van der Waals surface area contributed by atoms with Crippen LogP contribution in [-0.2, 0) is 11.3 Å². The topological polar surface area (TPSA) is 54.2 Å². The number of carbonyl (C=O) groups excluding carboxylic acids is 1. The minimum absolute atomic E-state index is 0.318. The Kier molecular flexibility index (Phi) is 4.42. The molecule has 1 aromatic heterocycles. The van der Waals surface area contributed by atoms with Gasteiger partial charge >= 0.3 is 6.09 Å². The molecule has 5 heteroatoms. The Labute approximate surface area is 108 Å². The fourth-order valence-electron chi connectivity index (χ4n) is 1.25. The van der Waals surface area contributed by atoms with Gasteiger partial charge in [0.25, 0.3) is 0 Å². The van der Waals surface area contributed by atoms with Crippen molar-refractivity contribution in [2.45, 2.75) is 32.9 Å². The number of nitrogens with one attached hydrogen (secondary N) is 1. The lowest BCUT2D eigenvalue weighted by Gasteiger charge is -2.16. The van der Waals surface area contributed by atoms with E-state index in [0.717, 1.165) is 11.4 Å². The van der Waals surface area contributed by atoms with Crippen LogP contribution in [0.3, 0.4) is 0 Å². The second kappa shape index (κ2) is 5.62. The van der Waals surface area contributed by atoms with Crippen LogP contribution in [0.25, 0.3) is 0 Å². The highest BCUT2D eigenvalue weighted by Crippen LogP contribution is 2.10. The van der Waals surface area contributed by atoms with E-state index in [1.165, 1.54) is 4.58 Å². The second-order valence-electron chi connectivity index (χ2n) is 4.97. The summed E-state index contributed by atoms with van der Waals surface area (Å²) in [4.78, 5) is 15.9. The van der Waals surface area contributed by atoms with Gasteiger partial charge in [-0.05, 0) is 32.9 Å². The third kappa shape index (κ3) is 4.53. The van der Waals surface area contributed by atoms with E-state index in [1.807, 2.05) is 40.0 Å². The summed E-state index contributed by atoms with van der Waals surface area (Å²) in [5.41, 5.74) is 1.16. The normalized spacial score (nSPS) is 10.9. The average molecular weight is 250 g/mol. The third-order valence-corrected chi connectivity index (χ3v) is 2.12. The lowest BCUT2D eigenvalue weighted by Crippen LogP contribution is -2.30. The summed E-state index contributed by atoms with van der Waals surface area (Å²) in [6.07, 6.45) is 1.25. The van der Waals surface area contributed by atoms with Gasteiger partial charge in [0, 0.05) is 7.05 Å². The number of nitrogens with zero attached hydrogens (tertiary/aromatic N) is 2. The molecule has 0 aliphatic heterocycles. The van der Waals surface area contributed by atoms with Crippen LogP contribution in [0.5, 0.6) is 0 Å². The van der Waals surface area contributed by atoms with Crippen LogP contribution in [0.2, 0.25) is 0 Å². The number of carbonyl (C=O) groups is 1. The van der Waals surface area contributed by atoms with Gasteiger partial charge in [0.05, 0.1) is 11.9 Å². The summed E-state index contributed by atoms with van der Waals surface area (Å²) in [7, 11) is 1.82.